The number of phenolic OH excluding ortho intramolecular Hbond substituents is 1. The Balaban J connectivity index is 1.39. The molecule has 1 aromatic carbocycles. The maximum Gasteiger partial charge on any atom is 0.317 e. The van der Waals surface area contributed by atoms with Gasteiger partial charge in [-0.1, -0.05) is 12.1 Å². The predicted molar refractivity (Wildman–Crippen MR) is 103 cm³/mol. The summed E-state index contributed by atoms with van der Waals surface area (Å²) in [5.41, 5.74) is 1.10. The van der Waals surface area contributed by atoms with E-state index in [0.29, 0.717) is 18.7 Å². The molecule has 2 saturated heterocycles. The van der Waals surface area contributed by atoms with E-state index in [0.717, 1.165) is 44.6 Å². The minimum atomic E-state index is -0.0524. The summed E-state index contributed by atoms with van der Waals surface area (Å²) in [7, 11) is 3.61. The van der Waals surface area contributed by atoms with E-state index in [2.05, 4.69) is 10.2 Å². The second kappa shape index (κ2) is 8.61. The van der Waals surface area contributed by atoms with E-state index in [1.54, 1.807) is 29.0 Å². The Morgan fingerprint density at radius 3 is 2.70 bits per heavy atom. The predicted octanol–water partition coefficient (Wildman–Crippen LogP) is 1.48. The lowest BCUT2D eigenvalue weighted by Gasteiger charge is -2.33. The molecular formula is C20H30N4O3. The van der Waals surface area contributed by atoms with Crippen molar-refractivity contribution in [2.45, 2.75) is 31.8 Å². The fourth-order valence-electron chi connectivity index (χ4n) is 3.98. The summed E-state index contributed by atoms with van der Waals surface area (Å²) in [5, 5.41) is 12.7. The van der Waals surface area contributed by atoms with Crippen LogP contribution in [0.3, 0.4) is 0 Å². The van der Waals surface area contributed by atoms with Crippen LogP contribution in [0.1, 0.15) is 24.8 Å². The van der Waals surface area contributed by atoms with Gasteiger partial charge in [0.2, 0.25) is 5.91 Å². The SMILES string of the molecule is CN1CC(CN(C)C(=O)NC2CCN(Cc3cccc(O)c3)CC2)CC1=O. The second-order valence-corrected chi connectivity index (χ2v) is 7.89. The molecule has 0 bridgehead atoms. The zero-order valence-corrected chi connectivity index (χ0v) is 16.2. The van der Waals surface area contributed by atoms with Crippen molar-refractivity contribution in [1.29, 1.82) is 0 Å². The van der Waals surface area contributed by atoms with Crippen LogP contribution in [0.15, 0.2) is 24.3 Å². The first kappa shape index (κ1) is 19.5. The number of likely N-dealkylation sites (tertiary alicyclic amines) is 2. The van der Waals surface area contributed by atoms with Gasteiger partial charge in [0.15, 0.2) is 0 Å². The van der Waals surface area contributed by atoms with E-state index in [1.807, 2.05) is 19.2 Å². The number of benzene rings is 1. The molecule has 27 heavy (non-hydrogen) atoms. The normalized spacial score (nSPS) is 21.5. The number of nitrogens with one attached hydrogen (secondary N) is 1. The first-order chi connectivity index (χ1) is 12.9. The van der Waals surface area contributed by atoms with Crippen LogP contribution in [0.25, 0.3) is 0 Å². The van der Waals surface area contributed by atoms with Gasteiger partial charge in [-0.25, -0.2) is 4.79 Å². The number of carbonyl (C=O) groups excluding carboxylic acids is 2. The van der Waals surface area contributed by atoms with Gasteiger partial charge >= 0.3 is 6.03 Å². The van der Waals surface area contributed by atoms with Gasteiger partial charge in [0.05, 0.1) is 0 Å². The van der Waals surface area contributed by atoms with Gasteiger partial charge in [-0.2, -0.15) is 0 Å². The van der Waals surface area contributed by atoms with E-state index >= 15 is 0 Å². The zero-order valence-electron chi connectivity index (χ0n) is 16.2. The highest BCUT2D eigenvalue weighted by Gasteiger charge is 2.29. The Morgan fingerprint density at radius 1 is 1.33 bits per heavy atom. The Bertz CT molecular complexity index is 673. The molecule has 2 fully saturated rings. The highest BCUT2D eigenvalue weighted by atomic mass is 16.3. The van der Waals surface area contributed by atoms with Crippen molar-refractivity contribution in [1.82, 2.24) is 20.0 Å². The van der Waals surface area contributed by atoms with Gasteiger partial charge in [-0.05, 0) is 30.5 Å². The van der Waals surface area contributed by atoms with Crippen LogP contribution >= 0.6 is 0 Å². The number of rotatable bonds is 5. The van der Waals surface area contributed by atoms with Crippen molar-refractivity contribution in [3.05, 3.63) is 29.8 Å². The third-order valence-electron chi connectivity index (χ3n) is 5.53. The first-order valence-electron chi connectivity index (χ1n) is 9.66. The molecule has 148 valence electrons. The largest absolute Gasteiger partial charge is 0.508 e. The van der Waals surface area contributed by atoms with E-state index < -0.39 is 0 Å². The molecule has 2 N–H and O–H groups in total. The molecule has 2 heterocycles. The molecule has 0 aliphatic carbocycles. The zero-order chi connectivity index (χ0) is 19.4. The summed E-state index contributed by atoms with van der Waals surface area (Å²) < 4.78 is 0. The number of carbonyl (C=O) groups is 2. The molecule has 0 aromatic heterocycles. The van der Waals surface area contributed by atoms with Crippen LogP contribution in [0.2, 0.25) is 0 Å². The van der Waals surface area contributed by atoms with Gasteiger partial charge in [0.25, 0.3) is 0 Å². The van der Waals surface area contributed by atoms with Crippen LogP contribution in [-0.2, 0) is 11.3 Å². The molecule has 0 saturated carbocycles. The van der Waals surface area contributed by atoms with E-state index in [-0.39, 0.29) is 23.9 Å². The highest BCUT2D eigenvalue weighted by molar-refractivity contribution is 5.78. The summed E-state index contributed by atoms with van der Waals surface area (Å²) >= 11 is 0. The number of hydrogen-bond acceptors (Lipinski definition) is 4. The standard InChI is InChI=1S/C20H30N4O3/c1-22-12-16(11-19(22)26)13-23(2)20(27)21-17-6-8-24(9-7-17)14-15-4-3-5-18(25)10-15/h3-5,10,16-17,25H,6-9,11-14H2,1-2H3,(H,21,27). The van der Waals surface area contributed by atoms with E-state index in [9.17, 15) is 14.7 Å². The van der Waals surface area contributed by atoms with Crippen LogP contribution in [-0.4, -0.2) is 78.1 Å². The molecule has 1 unspecified atom stereocenters. The first-order valence-corrected chi connectivity index (χ1v) is 9.66. The topological polar surface area (TPSA) is 76.1 Å². The number of aromatic hydroxyl groups is 1. The minimum Gasteiger partial charge on any atom is -0.508 e. The van der Waals surface area contributed by atoms with Gasteiger partial charge < -0.3 is 20.2 Å². The van der Waals surface area contributed by atoms with Crippen molar-refractivity contribution < 1.29 is 14.7 Å². The Morgan fingerprint density at radius 2 is 2.07 bits per heavy atom. The van der Waals surface area contributed by atoms with Gasteiger partial charge in [0, 0.05) is 65.2 Å². The van der Waals surface area contributed by atoms with Crippen molar-refractivity contribution in [2.75, 3.05) is 40.3 Å². The lowest BCUT2D eigenvalue weighted by atomic mass is 10.0. The number of hydrogen-bond donors (Lipinski definition) is 2. The average molecular weight is 374 g/mol. The lowest BCUT2D eigenvalue weighted by molar-refractivity contribution is -0.126. The smallest absolute Gasteiger partial charge is 0.317 e. The third-order valence-corrected chi connectivity index (χ3v) is 5.53. The van der Waals surface area contributed by atoms with Gasteiger partial charge in [0.1, 0.15) is 5.75 Å². The van der Waals surface area contributed by atoms with Crippen LogP contribution in [0, 0.1) is 5.92 Å². The summed E-state index contributed by atoms with van der Waals surface area (Å²) in [6, 6.07) is 7.50. The number of urea groups is 1. The number of nitrogens with zero attached hydrogens (tertiary/aromatic N) is 3. The molecule has 3 amide bonds. The molecule has 7 heteroatoms. The summed E-state index contributed by atoms with van der Waals surface area (Å²) in [6.45, 7) is 4.00. The average Bonchev–Trinajstić information content (AvgIpc) is 2.94. The molecule has 0 radical (unpaired) electrons. The van der Waals surface area contributed by atoms with Crippen molar-refractivity contribution >= 4 is 11.9 Å². The Kier molecular flexibility index (Phi) is 6.21. The van der Waals surface area contributed by atoms with Crippen LogP contribution in [0.4, 0.5) is 4.79 Å². The fraction of sp³-hybridized carbons (Fsp3) is 0.600. The van der Waals surface area contributed by atoms with Crippen molar-refractivity contribution in [3.8, 4) is 5.75 Å². The van der Waals surface area contributed by atoms with Crippen molar-refractivity contribution in [3.63, 3.8) is 0 Å². The molecule has 0 spiro atoms. The molecule has 1 atom stereocenters. The number of phenols is 1. The second-order valence-electron chi connectivity index (χ2n) is 7.89. The van der Waals surface area contributed by atoms with Crippen LogP contribution < -0.4 is 5.32 Å². The molecule has 7 nitrogen and oxygen atoms in total. The summed E-state index contributed by atoms with van der Waals surface area (Å²) in [5.74, 6) is 0.683. The molecule has 2 aliphatic rings. The van der Waals surface area contributed by atoms with Gasteiger partial charge in [-0.15, -0.1) is 0 Å². The minimum absolute atomic E-state index is 0.0524. The van der Waals surface area contributed by atoms with E-state index in [4.69, 9.17) is 0 Å². The Labute approximate surface area is 160 Å². The molecular weight excluding hydrogens is 344 g/mol. The summed E-state index contributed by atoms with van der Waals surface area (Å²) in [4.78, 5) is 29.9. The maximum atomic E-state index is 12.4. The summed E-state index contributed by atoms with van der Waals surface area (Å²) in [6.07, 6.45) is 2.37. The molecule has 2 aliphatic heterocycles. The van der Waals surface area contributed by atoms with Gasteiger partial charge in [-0.3, -0.25) is 9.69 Å². The maximum absolute atomic E-state index is 12.4. The number of amides is 3. The lowest BCUT2D eigenvalue weighted by Crippen LogP contribution is -2.49. The fourth-order valence-corrected chi connectivity index (χ4v) is 3.98. The van der Waals surface area contributed by atoms with E-state index in [1.165, 1.54) is 0 Å². The highest BCUT2D eigenvalue weighted by Crippen LogP contribution is 2.18. The third kappa shape index (κ3) is 5.35. The van der Waals surface area contributed by atoms with Crippen LogP contribution in [0.5, 0.6) is 5.75 Å². The van der Waals surface area contributed by atoms with Crippen molar-refractivity contribution in [2.24, 2.45) is 5.92 Å². The quantitative estimate of drug-likeness (QED) is 0.819. The Hall–Kier alpha value is -2.28. The monoisotopic (exact) mass is 374 g/mol. The molecule has 1 aromatic rings. The molecule has 3 rings (SSSR count). The number of piperidine rings is 1.